The molecule has 3 rings (SSSR count). The summed E-state index contributed by atoms with van der Waals surface area (Å²) in [6.45, 7) is 5.16. The number of hydrogen-bond acceptors (Lipinski definition) is 5. The fraction of sp³-hybridized carbons (Fsp3) is 0.471. The maximum absolute atomic E-state index is 12.7. The molecule has 1 saturated heterocycles. The Labute approximate surface area is 145 Å². The monoisotopic (exact) mass is 347 g/mol. The third-order valence-electron chi connectivity index (χ3n) is 4.09. The zero-order valence-electron chi connectivity index (χ0n) is 14.4. The Bertz CT molecular complexity index is 733. The Morgan fingerprint density at radius 1 is 1.32 bits per heavy atom. The molecule has 0 aliphatic carbocycles. The van der Waals surface area contributed by atoms with Crippen molar-refractivity contribution >= 4 is 17.8 Å². The predicted octanol–water partition coefficient (Wildman–Crippen LogP) is 0.793. The molecule has 25 heavy (non-hydrogen) atoms. The van der Waals surface area contributed by atoms with Crippen molar-refractivity contribution in [3.63, 3.8) is 0 Å². The molecule has 2 N–H and O–H groups in total. The summed E-state index contributed by atoms with van der Waals surface area (Å²) in [7, 11) is 0. The number of amides is 4. The second kappa shape index (κ2) is 6.27. The van der Waals surface area contributed by atoms with Gasteiger partial charge in [0.1, 0.15) is 12.1 Å². The van der Waals surface area contributed by atoms with Crippen LogP contribution in [0.4, 0.5) is 4.79 Å². The molecule has 0 spiro atoms. The SMILES string of the molecule is CC(C)NC(=O)CN1C(=O)NC(C)(Cc2ccc3c(c2)OCO3)C1=O. The highest BCUT2D eigenvalue weighted by atomic mass is 16.7. The standard InChI is InChI=1S/C17H21N3O5/c1-10(2)18-14(21)8-20-15(22)17(3,19-16(20)23)7-11-4-5-12-13(6-11)25-9-24-12/h4-6,10H,7-9H2,1-3H3,(H,18,21)(H,19,23). The van der Waals surface area contributed by atoms with Crippen molar-refractivity contribution in [2.45, 2.75) is 38.8 Å². The van der Waals surface area contributed by atoms with Gasteiger partial charge in [0, 0.05) is 12.5 Å². The van der Waals surface area contributed by atoms with Crippen molar-refractivity contribution in [2.75, 3.05) is 13.3 Å². The number of hydrogen-bond donors (Lipinski definition) is 2. The van der Waals surface area contributed by atoms with Crippen molar-refractivity contribution in [3.8, 4) is 11.5 Å². The summed E-state index contributed by atoms with van der Waals surface area (Å²) in [5, 5.41) is 5.36. The first-order valence-corrected chi connectivity index (χ1v) is 8.10. The van der Waals surface area contributed by atoms with Crippen LogP contribution in [0, 0.1) is 0 Å². The van der Waals surface area contributed by atoms with Gasteiger partial charge < -0.3 is 20.1 Å². The quantitative estimate of drug-likeness (QED) is 0.768. The molecule has 2 aliphatic rings. The Balaban J connectivity index is 1.72. The highest BCUT2D eigenvalue weighted by Gasteiger charge is 2.48. The Morgan fingerprint density at radius 2 is 2.04 bits per heavy atom. The smallest absolute Gasteiger partial charge is 0.325 e. The molecule has 0 saturated carbocycles. The van der Waals surface area contributed by atoms with Gasteiger partial charge in [0.25, 0.3) is 5.91 Å². The summed E-state index contributed by atoms with van der Waals surface area (Å²) in [4.78, 5) is 37.7. The predicted molar refractivity (Wildman–Crippen MR) is 88.2 cm³/mol. The number of imide groups is 1. The van der Waals surface area contributed by atoms with Gasteiger partial charge in [-0.25, -0.2) is 4.79 Å². The number of nitrogens with zero attached hydrogens (tertiary/aromatic N) is 1. The molecule has 1 aromatic carbocycles. The maximum Gasteiger partial charge on any atom is 0.325 e. The van der Waals surface area contributed by atoms with E-state index in [1.807, 2.05) is 19.9 Å². The van der Waals surface area contributed by atoms with Crippen molar-refractivity contribution < 1.29 is 23.9 Å². The minimum absolute atomic E-state index is 0.0618. The number of carbonyl (C=O) groups excluding carboxylic acids is 3. The van der Waals surface area contributed by atoms with E-state index in [9.17, 15) is 14.4 Å². The summed E-state index contributed by atoms with van der Waals surface area (Å²) in [6.07, 6.45) is 0.288. The minimum Gasteiger partial charge on any atom is -0.454 e. The molecule has 4 amide bonds. The lowest BCUT2D eigenvalue weighted by Gasteiger charge is -2.22. The molecular weight excluding hydrogens is 326 g/mol. The van der Waals surface area contributed by atoms with Crippen molar-refractivity contribution in [1.29, 1.82) is 0 Å². The zero-order valence-corrected chi connectivity index (χ0v) is 14.4. The highest BCUT2D eigenvalue weighted by Crippen LogP contribution is 2.34. The van der Waals surface area contributed by atoms with Crippen LogP contribution >= 0.6 is 0 Å². The molecule has 134 valence electrons. The van der Waals surface area contributed by atoms with Gasteiger partial charge in [0.05, 0.1) is 0 Å². The van der Waals surface area contributed by atoms with Crippen molar-refractivity contribution in [3.05, 3.63) is 23.8 Å². The van der Waals surface area contributed by atoms with Gasteiger partial charge in [-0.1, -0.05) is 6.07 Å². The Kier molecular flexibility index (Phi) is 4.28. The van der Waals surface area contributed by atoms with Gasteiger partial charge >= 0.3 is 6.03 Å². The van der Waals surface area contributed by atoms with E-state index in [2.05, 4.69) is 10.6 Å². The first-order chi connectivity index (χ1) is 11.8. The van der Waals surface area contributed by atoms with E-state index >= 15 is 0 Å². The first-order valence-electron chi connectivity index (χ1n) is 8.10. The molecule has 0 bridgehead atoms. The van der Waals surface area contributed by atoms with Crippen LogP contribution in [0.25, 0.3) is 0 Å². The Morgan fingerprint density at radius 3 is 2.76 bits per heavy atom. The van der Waals surface area contributed by atoms with Gasteiger partial charge in [-0.3, -0.25) is 14.5 Å². The van der Waals surface area contributed by atoms with Crippen LogP contribution in [0.15, 0.2) is 18.2 Å². The molecule has 8 heteroatoms. The number of fused-ring (bicyclic) bond motifs is 1. The van der Waals surface area contributed by atoms with E-state index in [0.717, 1.165) is 10.5 Å². The van der Waals surface area contributed by atoms with Crippen LogP contribution in [-0.2, 0) is 16.0 Å². The van der Waals surface area contributed by atoms with Crippen molar-refractivity contribution in [1.82, 2.24) is 15.5 Å². The van der Waals surface area contributed by atoms with E-state index in [-0.39, 0.29) is 31.7 Å². The van der Waals surface area contributed by atoms with E-state index in [1.165, 1.54) is 0 Å². The van der Waals surface area contributed by atoms with Gasteiger partial charge in [-0.15, -0.1) is 0 Å². The summed E-state index contributed by atoms with van der Waals surface area (Å²) in [5.41, 5.74) is -0.281. The molecule has 2 heterocycles. The average molecular weight is 347 g/mol. The normalized spacial score (nSPS) is 21.7. The molecule has 0 aromatic heterocycles. The number of benzene rings is 1. The summed E-state index contributed by atoms with van der Waals surface area (Å²) >= 11 is 0. The highest BCUT2D eigenvalue weighted by molar-refractivity contribution is 6.08. The lowest BCUT2D eigenvalue weighted by molar-refractivity contribution is -0.134. The van der Waals surface area contributed by atoms with Gasteiger partial charge in [-0.2, -0.15) is 0 Å². The largest absolute Gasteiger partial charge is 0.454 e. The molecule has 2 aliphatic heterocycles. The number of carbonyl (C=O) groups is 3. The second-order valence-corrected chi connectivity index (χ2v) is 6.74. The molecule has 1 fully saturated rings. The molecule has 1 atom stereocenters. The number of ether oxygens (including phenoxy) is 2. The van der Waals surface area contributed by atoms with Gasteiger partial charge in [0.15, 0.2) is 11.5 Å². The van der Waals surface area contributed by atoms with Crippen LogP contribution < -0.4 is 20.1 Å². The number of rotatable bonds is 5. The number of urea groups is 1. The van der Waals surface area contributed by atoms with Crippen LogP contribution in [0.2, 0.25) is 0 Å². The summed E-state index contributed by atoms with van der Waals surface area (Å²) < 4.78 is 10.6. The fourth-order valence-corrected chi connectivity index (χ4v) is 2.98. The van der Waals surface area contributed by atoms with Crippen LogP contribution in [0.1, 0.15) is 26.3 Å². The van der Waals surface area contributed by atoms with E-state index in [0.29, 0.717) is 11.5 Å². The Hall–Kier alpha value is -2.77. The fourth-order valence-electron chi connectivity index (χ4n) is 2.98. The molecular formula is C17H21N3O5. The third kappa shape index (κ3) is 3.38. The minimum atomic E-state index is -1.11. The first kappa shape index (κ1) is 17.1. The van der Waals surface area contributed by atoms with Crippen molar-refractivity contribution in [2.24, 2.45) is 0 Å². The summed E-state index contributed by atoms with van der Waals surface area (Å²) in [6, 6.07) is 4.77. The second-order valence-electron chi connectivity index (χ2n) is 6.74. The van der Waals surface area contributed by atoms with E-state index in [4.69, 9.17) is 9.47 Å². The molecule has 1 unspecified atom stereocenters. The average Bonchev–Trinajstić information content (AvgIpc) is 3.05. The molecule has 1 aromatic rings. The maximum atomic E-state index is 12.7. The van der Waals surface area contributed by atoms with E-state index in [1.54, 1.807) is 19.1 Å². The van der Waals surface area contributed by atoms with E-state index < -0.39 is 17.5 Å². The zero-order chi connectivity index (χ0) is 18.2. The van der Waals surface area contributed by atoms with Crippen LogP contribution in [0.3, 0.4) is 0 Å². The summed E-state index contributed by atoms with van der Waals surface area (Å²) in [5.74, 6) is 0.480. The third-order valence-corrected chi connectivity index (χ3v) is 4.09. The number of nitrogens with one attached hydrogen (secondary N) is 2. The lowest BCUT2D eigenvalue weighted by atomic mass is 9.92. The van der Waals surface area contributed by atoms with Crippen LogP contribution in [-0.4, -0.2) is 47.7 Å². The van der Waals surface area contributed by atoms with Crippen LogP contribution in [0.5, 0.6) is 11.5 Å². The van der Waals surface area contributed by atoms with Gasteiger partial charge in [-0.05, 0) is 38.5 Å². The molecule has 8 nitrogen and oxygen atoms in total. The molecule has 0 radical (unpaired) electrons. The topological polar surface area (TPSA) is 97.0 Å². The lowest BCUT2D eigenvalue weighted by Crippen LogP contribution is -2.47. The van der Waals surface area contributed by atoms with Gasteiger partial charge in [0.2, 0.25) is 12.7 Å².